The Morgan fingerprint density at radius 1 is 1.39 bits per heavy atom. The van der Waals surface area contributed by atoms with E-state index in [0.29, 0.717) is 17.4 Å². The van der Waals surface area contributed by atoms with Crippen molar-refractivity contribution in [1.82, 2.24) is 15.2 Å². The minimum absolute atomic E-state index is 0.0643. The van der Waals surface area contributed by atoms with Gasteiger partial charge in [-0.15, -0.1) is 10.2 Å². The Kier molecular flexibility index (Phi) is 3.12. The SMILES string of the molecule is Cc1cc(N2C[C@@H]3CCC[C@]3(c3nnc(C)o3)C2)c(C#N)cn1. The number of nitrogens with zero attached hydrogens (tertiary/aromatic N) is 5. The van der Waals surface area contributed by atoms with E-state index in [4.69, 9.17) is 4.42 Å². The summed E-state index contributed by atoms with van der Waals surface area (Å²) < 4.78 is 5.81. The van der Waals surface area contributed by atoms with E-state index in [1.807, 2.05) is 19.9 Å². The first-order chi connectivity index (χ1) is 11.1. The fourth-order valence-corrected chi connectivity index (χ4v) is 4.21. The summed E-state index contributed by atoms with van der Waals surface area (Å²) in [5.41, 5.74) is 2.47. The van der Waals surface area contributed by atoms with Gasteiger partial charge in [-0.05, 0) is 31.7 Å². The third-order valence-electron chi connectivity index (χ3n) is 5.30. The zero-order chi connectivity index (χ0) is 16.0. The molecule has 1 aliphatic heterocycles. The lowest BCUT2D eigenvalue weighted by atomic mass is 9.80. The van der Waals surface area contributed by atoms with Gasteiger partial charge < -0.3 is 9.32 Å². The van der Waals surface area contributed by atoms with E-state index in [1.165, 1.54) is 12.8 Å². The molecule has 2 fully saturated rings. The lowest BCUT2D eigenvalue weighted by Crippen LogP contribution is -2.32. The standard InChI is InChI=1S/C17H19N5O/c1-11-6-15(13(7-18)8-19-11)22-9-14-4-3-5-17(14,10-22)16-21-20-12(2)23-16/h6,8,14H,3-5,9-10H2,1-2H3/t14-,17-/m0/s1. The summed E-state index contributed by atoms with van der Waals surface area (Å²) in [5.74, 6) is 1.89. The van der Waals surface area contributed by atoms with Crippen molar-refractivity contribution in [3.05, 3.63) is 35.3 Å². The highest BCUT2D eigenvalue weighted by molar-refractivity contribution is 5.60. The van der Waals surface area contributed by atoms with E-state index in [0.717, 1.165) is 36.8 Å². The summed E-state index contributed by atoms with van der Waals surface area (Å²) >= 11 is 0. The van der Waals surface area contributed by atoms with Crippen LogP contribution in [0, 0.1) is 31.1 Å². The predicted molar refractivity (Wildman–Crippen MR) is 84.0 cm³/mol. The number of hydrogen-bond acceptors (Lipinski definition) is 6. The number of hydrogen-bond donors (Lipinski definition) is 0. The normalized spacial score (nSPS) is 26.3. The number of fused-ring (bicyclic) bond motifs is 1. The molecule has 23 heavy (non-hydrogen) atoms. The van der Waals surface area contributed by atoms with Gasteiger partial charge in [-0.1, -0.05) is 6.42 Å². The molecule has 2 atom stereocenters. The average Bonchev–Trinajstić information content (AvgIpc) is 3.20. The summed E-state index contributed by atoms with van der Waals surface area (Å²) in [4.78, 5) is 6.55. The molecule has 0 unspecified atom stereocenters. The molecule has 2 aromatic heterocycles. The van der Waals surface area contributed by atoms with Crippen molar-refractivity contribution in [3.63, 3.8) is 0 Å². The van der Waals surface area contributed by atoms with Gasteiger partial charge in [0, 0.05) is 31.9 Å². The number of anilines is 1. The summed E-state index contributed by atoms with van der Waals surface area (Å²) in [6.07, 6.45) is 5.11. The second kappa shape index (κ2) is 5.05. The maximum Gasteiger partial charge on any atom is 0.224 e. The Morgan fingerprint density at radius 3 is 3.00 bits per heavy atom. The van der Waals surface area contributed by atoms with Crippen LogP contribution in [0.25, 0.3) is 0 Å². The lowest BCUT2D eigenvalue weighted by molar-refractivity contribution is 0.299. The van der Waals surface area contributed by atoms with Gasteiger partial charge in [0.05, 0.1) is 16.7 Å². The van der Waals surface area contributed by atoms with Gasteiger partial charge in [0.15, 0.2) is 0 Å². The highest BCUT2D eigenvalue weighted by Gasteiger charge is 2.54. The molecular weight excluding hydrogens is 290 g/mol. The molecule has 2 aromatic rings. The van der Waals surface area contributed by atoms with Crippen LogP contribution in [0.2, 0.25) is 0 Å². The summed E-state index contributed by atoms with van der Waals surface area (Å²) in [6, 6.07) is 4.27. The largest absolute Gasteiger partial charge is 0.425 e. The summed E-state index contributed by atoms with van der Waals surface area (Å²) in [5, 5.41) is 17.8. The molecule has 0 aromatic carbocycles. The van der Waals surface area contributed by atoms with Crippen LogP contribution in [-0.2, 0) is 5.41 Å². The zero-order valence-corrected chi connectivity index (χ0v) is 13.4. The minimum Gasteiger partial charge on any atom is -0.425 e. The monoisotopic (exact) mass is 309 g/mol. The van der Waals surface area contributed by atoms with Crippen molar-refractivity contribution in [1.29, 1.82) is 5.26 Å². The van der Waals surface area contributed by atoms with E-state index >= 15 is 0 Å². The van der Waals surface area contributed by atoms with Crippen LogP contribution >= 0.6 is 0 Å². The van der Waals surface area contributed by atoms with Crippen LogP contribution in [0.5, 0.6) is 0 Å². The Labute approximate surface area is 135 Å². The quantitative estimate of drug-likeness (QED) is 0.848. The molecule has 0 bridgehead atoms. The number of rotatable bonds is 2. The van der Waals surface area contributed by atoms with Crippen molar-refractivity contribution in [3.8, 4) is 6.07 Å². The second-order valence-corrected chi connectivity index (χ2v) is 6.71. The lowest BCUT2D eigenvalue weighted by Gasteiger charge is -2.25. The molecule has 6 heteroatoms. The molecule has 6 nitrogen and oxygen atoms in total. The Morgan fingerprint density at radius 2 is 2.26 bits per heavy atom. The smallest absolute Gasteiger partial charge is 0.224 e. The number of aryl methyl sites for hydroxylation is 2. The molecule has 4 rings (SSSR count). The fraction of sp³-hybridized carbons (Fsp3) is 0.529. The molecule has 3 heterocycles. The molecule has 1 saturated heterocycles. The second-order valence-electron chi connectivity index (χ2n) is 6.71. The Hall–Kier alpha value is -2.42. The van der Waals surface area contributed by atoms with E-state index < -0.39 is 0 Å². The Bertz CT molecular complexity index is 793. The third kappa shape index (κ3) is 2.11. The number of pyridine rings is 1. The van der Waals surface area contributed by atoms with Crippen LogP contribution in [0.1, 0.15) is 42.3 Å². The van der Waals surface area contributed by atoms with Crippen molar-refractivity contribution in [2.45, 2.75) is 38.5 Å². The van der Waals surface area contributed by atoms with Crippen molar-refractivity contribution in [2.24, 2.45) is 5.92 Å². The maximum atomic E-state index is 9.40. The highest BCUT2D eigenvalue weighted by Crippen LogP contribution is 2.51. The first-order valence-electron chi connectivity index (χ1n) is 8.05. The molecule has 0 amide bonds. The first-order valence-corrected chi connectivity index (χ1v) is 8.05. The summed E-state index contributed by atoms with van der Waals surface area (Å²) in [6.45, 7) is 5.56. The van der Waals surface area contributed by atoms with Gasteiger partial charge in [-0.25, -0.2) is 0 Å². The average molecular weight is 309 g/mol. The molecule has 1 saturated carbocycles. The number of nitriles is 1. The van der Waals surface area contributed by atoms with Crippen LogP contribution < -0.4 is 4.90 Å². The fourth-order valence-electron chi connectivity index (χ4n) is 4.21. The molecule has 118 valence electrons. The summed E-state index contributed by atoms with van der Waals surface area (Å²) in [7, 11) is 0. The van der Waals surface area contributed by atoms with Crippen LogP contribution in [0.3, 0.4) is 0 Å². The van der Waals surface area contributed by atoms with Gasteiger partial charge in [-0.2, -0.15) is 5.26 Å². The molecule has 0 spiro atoms. The van der Waals surface area contributed by atoms with Crippen molar-refractivity contribution < 1.29 is 4.42 Å². The van der Waals surface area contributed by atoms with E-state index in [2.05, 4.69) is 26.2 Å². The third-order valence-corrected chi connectivity index (χ3v) is 5.30. The topological polar surface area (TPSA) is 78.8 Å². The minimum atomic E-state index is -0.0643. The Balaban J connectivity index is 1.73. The van der Waals surface area contributed by atoms with E-state index in [1.54, 1.807) is 6.20 Å². The van der Waals surface area contributed by atoms with Gasteiger partial charge in [0.25, 0.3) is 0 Å². The van der Waals surface area contributed by atoms with Gasteiger partial charge in [0.1, 0.15) is 6.07 Å². The highest BCUT2D eigenvalue weighted by atomic mass is 16.4. The first kappa shape index (κ1) is 14.2. The van der Waals surface area contributed by atoms with Crippen LogP contribution in [0.4, 0.5) is 5.69 Å². The molecule has 2 aliphatic rings. The van der Waals surface area contributed by atoms with Crippen LogP contribution in [0.15, 0.2) is 16.7 Å². The molecular formula is C17H19N5O. The number of aromatic nitrogens is 3. The van der Waals surface area contributed by atoms with E-state index in [9.17, 15) is 5.26 Å². The predicted octanol–water partition coefficient (Wildman–Crippen LogP) is 2.51. The molecule has 0 N–H and O–H groups in total. The van der Waals surface area contributed by atoms with Crippen LogP contribution in [-0.4, -0.2) is 28.3 Å². The van der Waals surface area contributed by atoms with Gasteiger partial charge >= 0.3 is 0 Å². The van der Waals surface area contributed by atoms with Gasteiger partial charge in [-0.3, -0.25) is 4.98 Å². The van der Waals surface area contributed by atoms with Crippen molar-refractivity contribution in [2.75, 3.05) is 18.0 Å². The maximum absolute atomic E-state index is 9.40. The molecule has 1 aliphatic carbocycles. The zero-order valence-electron chi connectivity index (χ0n) is 13.4. The van der Waals surface area contributed by atoms with Gasteiger partial charge in [0.2, 0.25) is 11.8 Å². The molecule has 0 radical (unpaired) electrons. The van der Waals surface area contributed by atoms with E-state index in [-0.39, 0.29) is 5.41 Å². The van der Waals surface area contributed by atoms with Crippen molar-refractivity contribution >= 4 is 5.69 Å².